The van der Waals surface area contributed by atoms with Gasteiger partial charge in [0.2, 0.25) is 0 Å². The molecule has 0 aliphatic rings. The number of hydrogen-bond acceptors (Lipinski definition) is 3. The number of nitrogens with two attached hydrogens (primary N) is 1. The second-order valence-corrected chi connectivity index (χ2v) is 2.90. The van der Waals surface area contributed by atoms with Crippen molar-refractivity contribution in [2.75, 3.05) is 0 Å². The van der Waals surface area contributed by atoms with E-state index in [0.717, 1.165) is 6.20 Å². The van der Waals surface area contributed by atoms with Crippen molar-refractivity contribution in [3.63, 3.8) is 0 Å². The minimum atomic E-state index is -3.63. The van der Waals surface area contributed by atoms with Crippen LogP contribution >= 0.6 is 0 Å². The minimum absolute atomic E-state index is 0.192. The van der Waals surface area contributed by atoms with Gasteiger partial charge in [0.05, 0.1) is 0 Å². The van der Waals surface area contributed by atoms with Crippen LogP contribution in [0.3, 0.4) is 0 Å². The van der Waals surface area contributed by atoms with E-state index in [2.05, 4.69) is 21.4 Å². The molecule has 5 nitrogen and oxygen atoms in total. The zero-order valence-electron chi connectivity index (χ0n) is 4.33. The standard InChI is InChI=1S/C3H4N3O2S/c4-9(7,8)3-1-5-2-6-3/h1H,(H,5,6)(H2,4,7,8). The molecule has 0 spiro atoms. The van der Waals surface area contributed by atoms with Gasteiger partial charge in [-0.05, 0) is 0 Å². The predicted octanol–water partition coefficient (Wildman–Crippen LogP) is -1.14. The van der Waals surface area contributed by atoms with Gasteiger partial charge < -0.3 is 4.98 Å². The highest BCUT2D eigenvalue weighted by molar-refractivity contribution is 7.89. The molecule has 0 atom stereocenters. The monoisotopic (exact) mass is 146 g/mol. The van der Waals surface area contributed by atoms with E-state index in [1.54, 1.807) is 0 Å². The van der Waals surface area contributed by atoms with Gasteiger partial charge in [0.15, 0.2) is 11.4 Å². The molecule has 1 heterocycles. The van der Waals surface area contributed by atoms with Crippen LogP contribution in [0, 0.1) is 6.33 Å². The van der Waals surface area contributed by atoms with Gasteiger partial charge in [-0.2, -0.15) is 0 Å². The van der Waals surface area contributed by atoms with Crippen LogP contribution in [-0.4, -0.2) is 18.4 Å². The Morgan fingerprint density at radius 2 is 2.44 bits per heavy atom. The first-order valence-corrected chi connectivity index (χ1v) is 3.59. The van der Waals surface area contributed by atoms with Crippen LogP contribution in [0.2, 0.25) is 0 Å². The maximum atomic E-state index is 10.4. The molecule has 1 rings (SSSR count). The van der Waals surface area contributed by atoms with Crippen molar-refractivity contribution in [2.45, 2.75) is 5.03 Å². The Morgan fingerprint density at radius 1 is 1.78 bits per heavy atom. The van der Waals surface area contributed by atoms with Crippen molar-refractivity contribution in [1.29, 1.82) is 0 Å². The first-order valence-electron chi connectivity index (χ1n) is 2.05. The van der Waals surface area contributed by atoms with Gasteiger partial charge in [0.1, 0.15) is 0 Å². The average Bonchev–Trinajstić information content (AvgIpc) is 2.08. The SMILES string of the molecule is NS(=O)(=O)c1c[nH][c]n1. The molecule has 9 heavy (non-hydrogen) atoms. The third-order valence-electron chi connectivity index (χ3n) is 0.718. The number of sulfonamides is 1. The minimum Gasteiger partial charge on any atom is -0.341 e. The number of aromatic amines is 1. The molecular weight excluding hydrogens is 142 g/mol. The van der Waals surface area contributed by atoms with Crippen molar-refractivity contribution in [3.8, 4) is 0 Å². The Balaban J connectivity index is 3.20. The molecule has 0 bridgehead atoms. The Kier molecular flexibility index (Phi) is 1.26. The molecule has 0 aromatic carbocycles. The first kappa shape index (κ1) is 6.24. The van der Waals surface area contributed by atoms with Gasteiger partial charge in [0, 0.05) is 6.20 Å². The topological polar surface area (TPSA) is 88.8 Å². The molecule has 6 heteroatoms. The van der Waals surface area contributed by atoms with Gasteiger partial charge >= 0.3 is 0 Å². The molecule has 0 amide bonds. The zero-order chi connectivity index (χ0) is 6.91. The largest absolute Gasteiger partial charge is 0.341 e. The molecule has 0 fully saturated rings. The normalized spacial score (nSPS) is 11.7. The third-order valence-corrected chi connectivity index (χ3v) is 1.51. The maximum absolute atomic E-state index is 10.4. The summed E-state index contributed by atoms with van der Waals surface area (Å²) in [5.74, 6) is 0. The fraction of sp³-hybridized carbons (Fsp3) is 0. The number of H-pyrrole nitrogens is 1. The summed E-state index contributed by atoms with van der Waals surface area (Å²) in [4.78, 5) is 5.63. The van der Waals surface area contributed by atoms with Crippen LogP contribution in [0.1, 0.15) is 0 Å². The van der Waals surface area contributed by atoms with Gasteiger partial charge in [-0.3, -0.25) is 0 Å². The molecule has 0 unspecified atom stereocenters. The lowest BCUT2D eigenvalue weighted by Gasteiger charge is -1.84. The lowest BCUT2D eigenvalue weighted by Crippen LogP contribution is -2.12. The number of nitrogens with one attached hydrogen (secondary N) is 1. The second-order valence-electron chi connectivity index (χ2n) is 1.40. The Bertz CT molecular complexity index is 274. The number of aromatic nitrogens is 2. The van der Waals surface area contributed by atoms with E-state index in [0.29, 0.717) is 0 Å². The Hall–Kier alpha value is -0.880. The molecule has 0 aliphatic carbocycles. The van der Waals surface area contributed by atoms with E-state index >= 15 is 0 Å². The maximum Gasteiger partial charge on any atom is 0.257 e. The van der Waals surface area contributed by atoms with Crippen molar-refractivity contribution in [2.24, 2.45) is 5.14 Å². The highest BCUT2D eigenvalue weighted by Gasteiger charge is 2.07. The fourth-order valence-corrected chi connectivity index (χ4v) is 0.755. The van der Waals surface area contributed by atoms with Crippen LogP contribution in [0.25, 0.3) is 0 Å². The van der Waals surface area contributed by atoms with Crippen LogP contribution in [0.15, 0.2) is 11.2 Å². The summed E-state index contributed by atoms with van der Waals surface area (Å²) in [6, 6.07) is 0. The highest BCUT2D eigenvalue weighted by Crippen LogP contribution is 1.95. The van der Waals surface area contributed by atoms with Gasteiger partial charge in [-0.1, -0.05) is 0 Å². The van der Waals surface area contributed by atoms with E-state index in [1.807, 2.05) is 0 Å². The van der Waals surface area contributed by atoms with Gasteiger partial charge in [-0.25, -0.2) is 18.5 Å². The number of primary sulfonamides is 1. The Labute approximate surface area is 52.0 Å². The molecular formula is C3H4N3O2S. The lowest BCUT2D eigenvalue weighted by molar-refractivity contribution is 0.594. The van der Waals surface area contributed by atoms with Crippen LogP contribution in [0.4, 0.5) is 0 Å². The average molecular weight is 146 g/mol. The zero-order valence-corrected chi connectivity index (χ0v) is 5.14. The molecule has 1 radical (unpaired) electrons. The molecule has 0 saturated carbocycles. The highest BCUT2D eigenvalue weighted by atomic mass is 32.2. The number of nitrogens with zero attached hydrogens (tertiary/aromatic N) is 1. The van der Waals surface area contributed by atoms with Crippen molar-refractivity contribution < 1.29 is 8.42 Å². The number of rotatable bonds is 1. The van der Waals surface area contributed by atoms with Crippen LogP contribution in [0.5, 0.6) is 0 Å². The summed E-state index contributed by atoms with van der Waals surface area (Å²) in [6.07, 6.45) is 3.36. The Morgan fingerprint density at radius 3 is 2.67 bits per heavy atom. The van der Waals surface area contributed by atoms with Gasteiger partial charge in [0.25, 0.3) is 10.0 Å². The van der Waals surface area contributed by atoms with E-state index in [9.17, 15) is 8.42 Å². The van der Waals surface area contributed by atoms with Crippen molar-refractivity contribution >= 4 is 10.0 Å². The summed E-state index contributed by atoms with van der Waals surface area (Å²) in [5, 5.41) is 4.48. The molecule has 0 aliphatic heterocycles. The molecule has 49 valence electrons. The summed E-state index contributed by atoms with van der Waals surface area (Å²) in [7, 11) is -3.63. The first-order chi connectivity index (χ1) is 4.11. The summed E-state index contributed by atoms with van der Waals surface area (Å²) < 4.78 is 20.7. The molecule has 0 saturated heterocycles. The van der Waals surface area contributed by atoms with Crippen LogP contribution in [-0.2, 0) is 10.0 Å². The molecule has 1 aromatic rings. The van der Waals surface area contributed by atoms with E-state index < -0.39 is 10.0 Å². The number of hydrogen-bond donors (Lipinski definition) is 2. The third kappa shape index (κ3) is 1.27. The summed E-state index contributed by atoms with van der Waals surface area (Å²) >= 11 is 0. The van der Waals surface area contributed by atoms with Crippen LogP contribution < -0.4 is 5.14 Å². The quantitative estimate of drug-likeness (QED) is 0.524. The van der Waals surface area contributed by atoms with Crippen molar-refractivity contribution in [3.05, 3.63) is 12.5 Å². The number of imidazole rings is 1. The predicted molar refractivity (Wildman–Crippen MR) is 28.8 cm³/mol. The fourth-order valence-electron chi connectivity index (χ4n) is 0.359. The second kappa shape index (κ2) is 1.82. The smallest absolute Gasteiger partial charge is 0.257 e. The van der Waals surface area contributed by atoms with E-state index in [4.69, 9.17) is 0 Å². The van der Waals surface area contributed by atoms with Crippen molar-refractivity contribution in [1.82, 2.24) is 9.97 Å². The summed E-state index contributed by atoms with van der Waals surface area (Å²) in [6.45, 7) is 0. The molecule has 3 N–H and O–H groups in total. The lowest BCUT2D eigenvalue weighted by atomic mass is 11.0. The van der Waals surface area contributed by atoms with E-state index in [1.165, 1.54) is 0 Å². The van der Waals surface area contributed by atoms with E-state index in [-0.39, 0.29) is 5.03 Å². The van der Waals surface area contributed by atoms with Gasteiger partial charge in [-0.15, -0.1) is 0 Å². The summed E-state index contributed by atoms with van der Waals surface area (Å²) in [5.41, 5.74) is 0. The molecule has 1 aromatic heterocycles.